The van der Waals surface area contributed by atoms with Gasteiger partial charge in [-0.25, -0.2) is 14.1 Å². The van der Waals surface area contributed by atoms with Crippen molar-refractivity contribution in [2.75, 3.05) is 26.2 Å². The van der Waals surface area contributed by atoms with Gasteiger partial charge in [-0.2, -0.15) is 0 Å². The molecule has 0 unspecified atom stereocenters. The first-order valence-corrected chi connectivity index (χ1v) is 10.4. The van der Waals surface area contributed by atoms with E-state index in [2.05, 4.69) is 10.4 Å². The van der Waals surface area contributed by atoms with Gasteiger partial charge in [-0.15, -0.1) is 0 Å². The summed E-state index contributed by atoms with van der Waals surface area (Å²) in [6, 6.07) is -0.205. The standard InChI is InChI=1S/C15H25N4O2P/c20-14(17-22(21,18-1-2-18)19-3-4-19)16-15-8-11-5-12(9-15)7-13(6-11)10-15/h11-13H,1-10H2,(H2,16,17,20,21). The zero-order valence-electron chi connectivity index (χ0n) is 13.0. The lowest BCUT2D eigenvalue weighted by molar-refractivity contribution is -0.0132. The monoisotopic (exact) mass is 324 g/mol. The maximum absolute atomic E-state index is 13.0. The predicted octanol–water partition coefficient (Wildman–Crippen LogP) is 1.99. The Morgan fingerprint density at radius 2 is 1.36 bits per heavy atom. The topological polar surface area (TPSA) is 64.2 Å². The Bertz CT molecular complexity index is 506. The minimum atomic E-state index is -2.80. The van der Waals surface area contributed by atoms with Crippen molar-refractivity contribution in [3.63, 3.8) is 0 Å². The minimum absolute atomic E-state index is 0.0125. The summed E-state index contributed by atoms with van der Waals surface area (Å²) in [4.78, 5) is 12.6. The zero-order chi connectivity index (χ0) is 14.9. The molecular formula is C15H25N4O2P. The van der Waals surface area contributed by atoms with E-state index in [-0.39, 0.29) is 11.6 Å². The van der Waals surface area contributed by atoms with Crippen molar-refractivity contribution in [2.45, 2.75) is 44.1 Å². The van der Waals surface area contributed by atoms with Crippen molar-refractivity contribution >= 4 is 13.6 Å². The van der Waals surface area contributed by atoms with E-state index in [1.54, 1.807) is 0 Å². The van der Waals surface area contributed by atoms with Gasteiger partial charge in [0.25, 0.3) is 0 Å². The van der Waals surface area contributed by atoms with Crippen LogP contribution in [0.1, 0.15) is 38.5 Å². The van der Waals surface area contributed by atoms with Crippen LogP contribution in [0, 0.1) is 17.8 Å². The maximum atomic E-state index is 13.0. The molecule has 7 heteroatoms. The third-order valence-corrected chi connectivity index (χ3v) is 9.11. The van der Waals surface area contributed by atoms with Crippen LogP contribution in [0.4, 0.5) is 4.79 Å². The number of urea groups is 1. The molecule has 0 aromatic heterocycles. The molecular weight excluding hydrogens is 299 g/mol. The van der Waals surface area contributed by atoms with Gasteiger partial charge < -0.3 is 5.32 Å². The Kier molecular flexibility index (Phi) is 2.82. The van der Waals surface area contributed by atoms with E-state index in [9.17, 15) is 9.36 Å². The molecule has 2 aliphatic heterocycles. The maximum Gasteiger partial charge on any atom is 0.322 e. The summed E-state index contributed by atoms with van der Waals surface area (Å²) >= 11 is 0. The number of carbonyl (C=O) groups excluding carboxylic acids is 1. The molecule has 6 nitrogen and oxygen atoms in total. The van der Waals surface area contributed by atoms with Crippen molar-refractivity contribution in [1.29, 1.82) is 0 Å². The Morgan fingerprint density at radius 3 is 1.77 bits per heavy atom. The molecule has 2 heterocycles. The van der Waals surface area contributed by atoms with Gasteiger partial charge in [0.15, 0.2) is 0 Å². The fourth-order valence-electron chi connectivity index (χ4n) is 5.62. The van der Waals surface area contributed by atoms with E-state index in [0.29, 0.717) is 0 Å². The third-order valence-electron chi connectivity index (χ3n) is 6.28. The highest BCUT2D eigenvalue weighted by Crippen LogP contribution is 2.58. The predicted molar refractivity (Wildman–Crippen MR) is 83.3 cm³/mol. The van der Waals surface area contributed by atoms with Crippen LogP contribution in [0.25, 0.3) is 0 Å². The largest absolute Gasteiger partial charge is 0.332 e. The number of nitrogens with one attached hydrogen (secondary N) is 2. The molecule has 2 amide bonds. The first-order chi connectivity index (χ1) is 10.5. The zero-order valence-corrected chi connectivity index (χ0v) is 13.9. The summed E-state index contributed by atoms with van der Waals surface area (Å²) in [5, 5.41) is 6.12. The van der Waals surface area contributed by atoms with Gasteiger partial charge in [0.1, 0.15) is 0 Å². The fourth-order valence-corrected chi connectivity index (χ4v) is 7.84. The molecule has 6 aliphatic rings. The normalized spacial score (nSPS) is 43.2. The molecule has 0 aromatic rings. The number of hydrogen-bond donors (Lipinski definition) is 2. The molecule has 6 fully saturated rings. The molecule has 4 saturated carbocycles. The average molecular weight is 324 g/mol. The van der Waals surface area contributed by atoms with Crippen LogP contribution in [0.3, 0.4) is 0 Å². The van der Waals surface area contributed by atoms with Crippen molar-refractivity contribution in [2.24, 2.45) is 17.8 Å². The van der Waals surface area contributed by atoms with Gasteiger partial charge in [0, 0.05) is 31.7 Å². The molecule has 0 spiro atoms. The van der Waals surface area contributed by atoms with Crippen LogP contribution in [0.5, 0.6) is 0 Å². The van der Waals surface area contributed by atoms with Crippen molar-refractivity contribution in [3.8, 4) is 0 Å². The highest BCUT2D eigenvalue weighted by atomic mass is 31.2. The molecule has 122 valence electrons. The van der Waals surface area contributed by atoms with Gasteiger partial charge in [0.2, 0.25) is 0 Å². The lowest BCUT2D eigenvalue weighted by Gasteiger charge is -2.56. The molecule has 4 bridgehead atoms. The highest BCUT2D eigenvalue weighted by Gasteiger charge is 2.53. The Morgan fingerprint density at radius 1 is 0.909 bits per heavy atom. The molecule has 6 rings (SSSR count). The summed E-state index contributed by atoms with van der Waals surface area (Å²) in [5.41, 5.74) is -0.0125. The highest BCUT2D eigenvalue weighted by molar-refractivity contribution is 7.58. The van der Waals surface area contributed by atoms with E-state index >= 15 is 0 Å². The van der Waals surface area contributed by atoms with Gasteiger partial charge in [-0.05, 0) is 56.3 Å². The smallest absolute Gasteiger partial charge is 0.322 e. The summed E-state index contributed by atoms with van der Waals surface area (Å²) in [6.07, 6.45) is 7.48. The molecule has 0 atom stereocenters. The first-order valence-electron chi connectivity index (χ1n) is 8.76. The van der Waals surface area contributed by atoms with Crippen molar-refractivity contribution in [1.82, 2.24) is 19.7 Å². The van der Waals surface area contributed by atoms with Gasteiger partial charge >= 0.3 is 13.6 Å². The fraction of sp³-hybridized carbons (Fsp3) is 0.933. The molecule has 2 N–H and O–H groups in total. The number of hydrogen-bond acceptors (Lipinski definition) is 2. The van der Waals surface area contributed by atoms with E-state index < -0.39 is 7.59 Å². The summed E-state index contributed by atoms with van der Waals surface area (Å²) in [7, 11) is -2.80. The lowest BCUT2D eigenvalue weighted by Crippen LogP contribution is -2.61. The number of rotatable bonds is 4. The van der Waals surface area contributed by atoms with Crippen LogP contribution in [-0.2, 0) is 4.57 Å². The minimum Gasteiger partial charge on any atom is -0.332 e. The van der Waals surface area contributed by atoms with E-state index in [4.69, 9.17) is 0 Å². The summed E-state index contributed by atoms with van der Waals surface area (Å²) in [6.45, 7) is 3.35. The molecule has 22 heavy (non-hydrogen) atoms. The van der Waals surface area contributed by atoms with Crippen LogP contribution in [-0.4, -0.2) is 47.1 Å². The molecule has 2 saturated heterocycles. The molecule has 4 aliphatic carbocycles. The number of carbonyl (C=O) groups is 1. The SMILES string of the molecule is O=C(NC12CC3CC(CC(C3)C1)C2)NP(=O)(N1CC1)N1CC1. The summed E-state index contributed by atoms with van der Waals surface area (Å²) in [5.74, 6) is 2.41. The van der Waals surface area contributed by atoms with E-state index in [1.807, 2.05) is 9.34 Å². The van der Waals surface area contributed by atoms with Gasteiger partial charge in [-0.3, -0.25) is 9.65 Å². The molecule has 0 radical (unpaired) electrons. The average Bonchev–Trinajstić information content (AvgIpc) is 3.27. The second kappa shape index (κ2) is 4.49. The van der Waals surface area contributed by atoms with Crippen LogP contribution < -0.4 is 10.4 Å². The molecule has 0 aromatic carbocycles. The van der Waals surface area contributed by atoms with Crippen LogP contribution >= 0.6 is 7.59 Å². The third kappa shape index (κ3) is 2.22. The number of amides is 2. The van der Waals surface area contributed by atoms with E-state index in [1.165, 1.54) is 19.3 Å². The number of nitrogens with zero attached hydrogens (tertiary/aromatic N) is 2. The van der Waals surface area contributed by atoms with Crippen LogP contribution in [0.15, 0.2) is 0 Å². The Labute approximate surface area is 131 Å². The Balaban J connectivity index is 1.29. The second-order valence-electron chi connectivity index (χ2n) is 8.22. The lowest BCUT2D eigenvalue weighted by atomic mass is 9.53. The quantitative estimate of drug-likeness (QED) is 0.613. The van der Waals surface area contributed by atoms with Crippen molar-refractivity contribution < 1.29 is 9.36 Å². The van der Waals surface area contributed by atoms with E-state index in [0.717, 1.165) is 63.2 Å². The second-order valence-corrected chi connectivity index (χ2v) is 10.7. The van der Waals surface area contributed by atoms with Crippen molar-refractivity contribution in [3.05, 3.63) is 0 Å². The first kappa shape index (κ1) is 13.8. The van der Waals surface area contributed by atoms with Gasteiger partial charge in [0.05, 0.1) is 0 Å². The Hall–Kier alpha value is -0.580. The van der Waals surface area contributed by atoms with Crippen LogP contribution in [0.2, 0.25) is 0 Å². The van der Waals surface area contributed by atoms with Gasteiger partial charge in [-0.1, -0.05) is 0 Å². The summed E-state index contributed by atoms with van der Waals surface area (Å²) < 4.78 is 16.8.